The van der Waals surface area contributed by atoms with Crippen LogP contribution in [0.15, 0.2) is 61.9 Å². The number of ether oxygens (including phenoxy) is 3. The molecule has 1 atom stereocenters. The van der Waals surface area contributed by atoms with Crippen LogP contribution in [-0.2, 0) is 14.3 Å². The van der Waals surface area contributed by atoms with Crippen molar-refractivity contribution in [1.29, 1.82) is 0 Å². The number of likely N-dealkylation sites (N-methyl/N-ethyl adjacent to an activating group) is 1. The third kappa shape index (κ3) is 4.29. The molecular formula is C28H26BrN3O6S. The summed E-state index contributed by atoms with van der Waals surface area (Å²) < 4.78 is 18.9. The molecule has 0 bridgehead atoms. The van der Waals surface area contributed by atoms with Gasteiger partial charge in [0.1, 0.15) is 22.1 Å². The molecule has 2 aliphatic rings. The number of fused-ring (bicyclic) bond motifs is 2. The minimum atomic E-state index is -0.892. The van der Waals surface area contributed by atoms with Crippen LogP contribution in [-0.4, -0.2) is 43.8 Å². The second-order valence-corrected chi connectivity index (χ2v) is 10.7. The summed E-state index contributed by atoms with van der Waals surface area (Å²) in [7, 11) is 3.05. The van der Waals surface area contributed by atoms with Crippen LogP contribution in [0.3, 0.4) is 0 Å². The monoisotopic (exact) mass is 611 g/mol. The van der Waals surface area contributed by atoms with Gasteiger partial charge in [-0.15, -0.1) is 0 Å². The number of hydrogen-bond acceptors (Lipinski definition) is 8. The minimum absolute atomic E-state index is 0.156. The minimum Gasteiger partial charge on any atom is -0.497 e. The van der Waals surface area contributed by atoms with Crippen molar-refractivity contribution < 1.29 is 23.8 Å². The van der Waals surface area contributed by atoms with Gasteiger partial charge in [-0.05, 0) is 51.1 Å². The van der Waals surface area contributed by atoms with Crippen LogP contribution >= 0.6 is 27.3 Å². The molecule has 0 unspecified atom stereocenters. The standard InChI is InChI=1S/C28H26BrN3O6S/c1-6-31-19-11-8-15(29)12-18(19)22(25(31)33)24-26(34)32-23(17-10-9-16(36-4)13-20(17)37-5)21(27(35)38-7-2)14(3)30-28(32)39-24/h8-13,23H,6-7H2,1-5H3/b24-22+/t23-/m0/s1. The van der Waals surface area contributed by atoms with Gasteiger partial charge in [-0.2, -0.15) is 0 Å². The molecule has 5 rings (SSSR count). The first-order valence-corrected chi connectivity index (χ1v) is 13.9. The highest BCUT2D eigenvalue weighted by Gasteiger charge is 2.38. The lowest BCUT2D eigenvalue weighted by atomic mass is 9.95. The number of allylic oxidation sites excluding steroid dienone is 1. The third-order valence-electron chi connectivity index (χ3n) is 6.75. The molecular weight excluding hydrogens is 586 g/mol. The molecule has 3 aromatic rings. The fourth-order valence-corrected chi connectivity index (χ4v) is 6.52. The predicted octanol–water partition coefficient (Wildman–Crippen LogP) is 3.31. The van der Waals surface area contributed by atoms with Crippen LogP contribution in [0.5, 0.6) is 11.5 Å². The Hall–Kier alpha value is -3.70. The van der Waals surface area contributed by atoms with Crippen LogP contribution in [0, 0.1) is 0 Å². The highest BCUT2D eigenvalue weighted by molar-refractivity contribution is 9.10. The Morgan fingerprint density at radius 3 is 2.54 bits per heavy atom. The van der Waals surface area contributed by atoms with Crippen LogP contribution in [0.4, 0.5) is 5.69 Å². The first kappa shape index (κ1) is 26.9. The normalized spacial score (nSPS) is 17.5. The molecule has 0 aliphatic carbocycles. The summed E-state index contributed by atoms with van der Waals surface area (Å²) in [5.41, 5.74) is 2.50. The average Bonchev–Trinajstić information content (AvgIpc) is 3.38. The highest BCUT2D eigenvalue weighted by atomic mass is 79.9. The Labute approximate surface area is 236 Å². The number of rotatable bonds is 6. The van der Waals surface area contributed by atoms with E-state index < -0.39 is 17.6 Å². The number of aromatic nitrogens is 1. The van der Waals surface area contributed by atoms with Crippen molar-refractivity contribution in [2.75, 3.05) is 32.3 Å². The Bertz CT molecular complexity index is 1740. The van der Waals surface area contributed by atoms with E-state index in [0.717, 1.165) is 21.5 Å². The molecule has 0 spiro atoms. The number of amides is 1. The van der Waals surface area contributed by atoms with Gasteiger partial charge in [0.05, 0.1) is 43.4 Å². The van der Waals surface area contributed by atoms with E-state index in [4.69, 9.17) is 14.2 Å². The second-order valence-electron chi connectivity index (χ2n) is 8.82. The smallest absolute Gasteiger partial charge is 0.338 e. The van der Waals surface area contributed by atoms with Gasteiger partial charge < -0.3 is 19.1 Å². The van der Waals surface area contributed by atoms with Gasteiger partial charge in [0, 0.05) is 28.2 Å². The molecule has 2 aliphatic heterocycles. The lowest BCUT2D eigenvalue weighted by Crippen LogP contribution is -2.41. The summed E-state index contributed by atoms with van der Waals surface area (Å²) >= 11 is 4.62. The number of benzene rings is 2. The number of halogens is 1. The van der Waals surface area contributed by atoms with Gasteiger partial charge in [-0.3, -0.25) is 14.2 Å². The molecule has 39 heavy (non-hydrogen) atoms. The second kappa shape index (κ2) is 10.5. The largest absolute Gasteiger partial charge is 0.497 e. The van der Waals surface area contributed by atoms with Crippen LogP contribution in [0.2, 0.25) is 0 Å². The van der Waals surface area contributed by atoms with Crippen LogP contribution < -0.4 is 29.3 Å². The molecule has 0 saturated heterocycles. The number of hydrogen-bond donors (Lipinski definition) is 0. The number of nitrogens with zero attached hydrogens (tertiary/aromatic N) is 3. The van der Waals surface area contributed by atoms with Crippen LogP contribution in [0.25, 0.3) is 5.57 Å². The van der Waals surface area contributed by atoms with E-state index in [-0.39, 0.29) is 22.6 Å². The molecule has 11 heteroatoms. The number of methoxy groups -OCH3 is 2. The number of carbonyl (C=O) groups is 2. The number of anilines is 1. The molecule has 3 heterocycles. The first-order chi connectivity index (χ1) is 18.7. The quantitative estimate of drug-likeness (QED) is 0.397. The molecule has 0 fully saturated rings. The van der Waals surface area contributed by atoms with Crippen molar-refractivity contribution in [2.24, 2.45) is 4.99 Å². The Balaban J connectivity index is 1.86. The molecule has 1 amide bonds. The van der Waals surface area contributed by atoms with Crippen molar-refractivity contribution in [1.82, 2.24) is 4.57 Å². The summed E-state index contributed by atoms with van der Waals surface area (Å²) in [6.45, 7) is 5.92. The van der Waals surface area contributed by atoms with Gasteiger partial charge in [0.25, 0.3) is 11.5 Å². The van der Waals surface area contributed by atoms with Gasteiger partial charge in [0.15, 0.2) is 4.80 Å². The fraction of sp³-hybridized carbons (Fsp3) is 0.286. The first-order valence-electron chi connectivity index (χ1n) is 12.3. The summed E-state index contributed by atoms with van der Waals surface area (Å²) in [6, 6.07) is 9.86. The van der Waals surface area contributed by atoms with E-state index in [2.05, 4.69) is 20.9 Å². The summed E-state index contributed by atoms with van der Waals surface area (Å²) in [5, 5.41) is 0. The number of carbonyl (C=O) groups excluding carboxylic acids is 2. The zero-order valence-corrected chi connectivity index (χ0v) is 24.4. The maximum atomic E-state index is 14.2. The van der Waals surface area contributed by atoms with Crippen molar-refractivity contribution in [2.45, 2.75) is 26.8 Å². The molecule has 2 aromatic carbocycles. The maximum Gasteiger partial charge on any atom is 0.338 e. The van der Waals surface area contributed by atoms with E-state index in [9.17, 15) is 14.4 Å². The van der Waals surface area contributed by atoms with E-state index >= 15 is 0 Å². The Kier molecular flexibility index (Phi) is 7.21. The summed E-state index contributed by atoms with van der Waals surface area (Å²) in [4.78, 5) is 47.7. The lowest BCUT2D eigenvalue weighted by Gasteiger charge is -2.26. The lowest BCUT2D eigenvalue weighted by molar-refractivity contribution is -0.139. The van der Waals surface area contributed by atoms with E-state index in [1.807, 2.05) is 25.1 Å². The number of thiazole rings is 1. The molecule has 0 N–H and O–H groups in total. The van der Waals surface area contributed by atoms with E-state index in [1.54, 1.807) is 44.1 Å². The molecule has 9 nitrogen and oxygen atoms in total. The van der Waals surface area contributed by atoms with Gasteiger partial charge in [-0.1, -0.05) is 27.3 Å². The topological polar surface area (TPSA) is 99.4 Å². The maximum absolute atomic E-state index is 14.2. The molecule has 0 saturated carbocycles. The van der Waals surface area contributed by atoms with Crippen molar-refractivity contribution >= 4 is 50.4 Å². The molecule has 202 valence electrons. The predicted molar refractivity (Wildman–Crippen MR) is 151 cm³/mol. The Morgan fingerprint density at radius 2 is 1.87 bits per heavy atom. The highest BCUT2D eigenvalue weighted by Crippen LogP contribution is 2.39. The van der Waals surface area contributed by atoms with Crippen molar-refractivity contribution in [3.05, 3.63) is 83.0 Å². The SMILES string of the molecule is CCOC(=O)C1=C(C)N=c2s/c(=C3/C(=O)N(CC)c4ccc(Br)cc43)c(=O)n2[C@H]1c1ccc(OC)cc1OC. The van der Waals surface area contributed by atoms with E-state index in [0.29, 0.717) is 45.2 Å². The fourth-order valence-electron chi connectivity index (χ4n) is 5.02. The van der Waals surface area contributed by atoms with Crippen LogP contribution in [0.1, 0.15) is 37.9 Å². The zero-order chi connectivity index (χ0) is 28.0. The number of esters is 1. The Morgan fingerprint density at radius 1 is 1.10 bits per heavy atom. The van der Waals surface area contributed by atoms with Crippen molar-refractivity contribution in [3.8, 4) is 11.5 Å². The van der Waals surface area contributed by atoms with Gasteiger partial charge in [-0.25, -0.2) is 9.79 Å². The van der Waals surface area contributed by atoms with E-state index in [1.165, 1.54) is 11.7 Å². The average molecular weight is 613 g/mol. The third-order valence-corrected chi connectivity index (χ3v) is 8.30. The van der Waals surface area contributed by atoms with Crippen molar-refractivity contribution in [3.63, 3.8) is 0 Å². The summed E-state index contributed by atoms with van der Waals surface area (Å²) in [6.07, 6.45) is 0. The van der Waals surface area contributed by atoms with Gasteiger partial charge in [0.2, 0.25) is 0 Å². The molecule has 0 radical (unpaired) electrons. The molecule has 1 aromatic heterocycles. The van der Waals surface area contributed by atoms with Gasteiger partial charge >= 0.3 is 5.97 Å². The zero-order valence-electron chi connectivity index (χ0n) is 22.0. The summed E-state index contributed by atoms with van der Waals surface area (Å²) in [5.74, 6) is 0.151.